The van der Waals surface area contributed by atoms with Gasteiger partial charge in [-0.25, -0.2) is 0 Å². The topological polar surface area (TPSA) is 70.2 Å². The van der Waals surface area contributed by atoms with Gasteiger partial charge in [0.2, 0.25) is 11.8 Å². The van der Waals surface area contributed by atoms with E-state index in [1.54, 1.807) is 0 Å². The Morgan fingerprint density at radius 3 is 2.55 bits per heavy atom. The Bertz CT molecular complexity index is 321. The van der Waals surface area contributed by atoms with Gasteiger partial charge >= 0.3 is 0 Å². The molecule has 5 heteroatoms. The smallest absolute Gasteiger partial charge is 0.224 e. The minimum absolute atomic E-state index is 0.0685. The first-order valence-electron chi connectivity index (χ1n) is 8.03. The molecular weight excluding hydrogens is 254 g/mol. The molecule has 2 amide bonds. The zero-order chi connectivity index (χ0) is 14.2. The Morgan fingerprint density at radius 2 is 1.85 bits per heavy atom. The number of rotatable bonds is 5. The van der Waals surface area contributed by atoms with E-state index >= 15 is 0 Å². The van der Waals surface area contributed by atoms with E-state index in [1.165, 1.54) is 19.3 Å². The van der Waals surface area contributed by atoms with Gasteiger partial charge in [-0.3, -0.25) is 9.59 Å². The molecule has 0 aromatic rings. The molecule has 0 aromatic heterocycles. The van der Waals surface area contributed by atoms with Crippen LogP contribution in [-0.4, -0.2) is 37.5 Å². The van der Waals surface area contributed by atoms with E-state index in [0.717, 1.165) is 38.8 Å². The molecule has 2 fully saturated rings. The van der Waals surface area contributed by atoms with Gasteiger partial charge in [-0.15, -0.1) is 0 Å². The summed E-state index contributed by atoms with van der Waals surface area (Å²) in [7, 11) is 0. The van der Waals surface area contributed by atoms with Crippen LogP contribution in [0.5, 0.6) is 0 Å². The lowest BCUT2D eigenvalue weighted by molar-refractivity contribution is -0.125. The van der Waals surface area contributed by atoms with Gasteiger partial charge < -0.3 is 16.0 Å². The Balaban J connectivity index is 1.57. The summed E-state index contributed by atoms with van der Waals surface area (Å²) < 4.78 is 0. The number of nitrogens with one attached hydrogen (secondary N) is 3. The van der Waals surface area contributed by atoms with Crippen LogP contribution in [0, 0.1) is 5.92 Å². The molecular formula is C15H27N3O2. The van der Waals surface area contributed by atoms with Crippen LogP contribution in [0.3, 0.4) is 0 Å². The van der Waals surface area contributed by atoms with Gasteiger partial charge in [-0.05, 0) is 32.2 Å². The van der Waals surface area contributed by atoms with Crippen LogP contribution in [0.1, 0.15) is 51.4 Å². The molecule has 5 nitrogen and oxygen atoms in total. The average molecular weight is 281 g/mol. The van der Waals surface area contributed by atoms with Gasteiger partial charge in [0, 0.05) is 25.6 Å². The zero-order valence-electron chi connectivity index (χ0n) is 12.2. The van der Waals surface area contributed by atoms with Crippen LogP contribution < -0.4 is 16.0 Å². The quantitative estimate of drug-likeness (QED) is 0.702. The van der Waals surface area contributed by atoms with Gasteiger partial charge in [-0.2, -0.15) is 0 Å². The molecule has 0 aromatic carbocycles. The summed E-state index contributed by atoms with van der Waals surface area (Å²) in [5.41, 5.74) is 0. The monoisotopic (exact) mass is 281 g/mol. The van der Waals surface area contributed by atoms with Crippen molar-refractivity contribution in [2.45, 2.75) is 57.4 Å². The lowest BCUT2D eigenvalue weighted by atomic mass is 9.95. The highest BCUT2D eigenvalue weighted by Gasteiger charge is 2.21. The van der Waals surface area contributed by atoms with Gasteiger partial charge in [0.1, 0.15) is 0 Å². The molecule has 3 N–H and O–H groups in total. The zero-order valence-corrected chi connectivity index (χ0v) is 12.2. The van der Waals surface area contributed by atoms with Crippen molar-refractivity contribution in [2.24, 2.45) is 5.92 Å². The summed E-state index contributed by atoms with van der Waals surface area (Å²) in [6.45, 7) is 2.22. The highest BCUT2D eigenvalue weighted by molar-refractivity contribution is 5.80. The van der Waals surface area contributed by atoms with E-state index in [9.17, 15) is 9.59 Å². The summed E-state index contributed by atoms with van der Waals surface area (Å²) in [5.74, 6) is 0.229. The van der Waals surface area contributed by atoms with E-state index < -0.39 is 0 Å². The molecule has 0 spiro atoms. The summed E-state index contributed by atoms with van der Waals surface area (Å²) in [5, 5.41) is 9.18. The first kappa shape index (κ1) is 15.3. The molecule has 1 atom stereocenters. The van der Waals surface area contributed by atoms with Crippen LogP contribution in [0.15, 0.2) is 0 Å². The molecule has 1 aliphatic carbocycles. The predicted molar refractivity (Wildman–Crippen MR) is 78.2 cm³/mol. The van der Waals surface area contributed by atoms with Crippen LogP contribution in [0.2, 0.25) is 0 Å². The van der Waals surface area contributed by atoms with Crippen LogP contribution >= 0.6 is 0 Å². The van der Waals surface area contributed by atoms with Gasteiger partial charge in [0.25, 0.3) is 0 Å². The van der Waals surface area contributed by atoms with E-state index in [2.05, 4.69) is 16.0 Å². The molecule has 1 saturated carbocycles. The summed E-state index contributed by atoms with van der Waals surface area (Å²) in [6.07, 6.45) is 8.33. The minimum Gasteiger partial charge on any atom is -0.355 e. The molecule has 20 heavy (non-hydrogen) atoms. The molecule has 1 unspecified atom stereocenters. The van der Waals surface area contributed by atoms with Gasteiger partial charge in [0.15, 0.2) is 0 Å². The third-order valence-electron chi connectivity index (χ3n) is 4.29. The largest absolute Gasteiger partial charge is 0.355 e. The first-order valence-corrected chi connectivity index (χ1v) is 8.03. The number of carbonyl (C=O) groups is 2. The molecule has 114 valence electrons. The highest BCUT2D eigenvalue weighted by atomic mass is 16.2. The molecule has 1 aliphatic heterocycles. The SMILES string of the molecule is O=C(CCNC(=O)C1CCCNC1)NC1CCCCC1. The lowest BCUT2D eigenvalue weighted by Crippen LogP contribution is -2.42. The van der Waals surface area contributed by atoms with Crippen LogP contribution in [0.25, 0.3) is 0 Å². The Morgan fingerprint density at radius 1 is 1.05 bits per heavy atom. The third kappa shape index (κ3) is 5.12. The Kier molecular flexibility index (Phi) is 6.30. The highest BCUT2D eigenvalue weighted by Crippen LogP contribution is 2.17. The number of carbonyl (C=O) groups excluding carboxylic acids is 2. The van der Waals surface area contributed by atoms with Crippen molar-refractivity contribution >= 4 is 11.8 Å². The Hall–Kier alpha value is -1.10. The van der Waals surface area contributed by atoms with E-state index in [1.807, 2.05) is 0 Å². The number of amides is 2. The summed E-state index contributed by atoms with van der Waals surface area (Å²) in [6, 6.07) is 0.356. The fourth-order valence-corrected chi connectivity index (χ4v) is 3.07. The fourth-order valence-electron chi connectivity index (χ4n) is 3.07. The third-order valence-corrected chi connectivity index (χ3v) is 4.29. The predicted octanol–water partition coefficient (Wildman–Crippen LogP) is 0.941. The van der Waals surface area contributed by atoms with Crippen molar-refractivity contribution in [1.29, 1.82) is 0 Å². The van der Waals surface area contributed by atoms with Crippen molar-refractivity contribution in [3.63, 3.8) is 0 Å². The van der Waals surface area contributed by atoms with Crippen molar-refractivity contribution in [1.82, 2.24) is 16.0 Å². The van der Waals surface area contributed by atoms with Crippen molar-refractivity contribution in [3.8, 4) is 0 Å². The number of piperidine rings is 1. The van der Waals surface area contributed by atoms with Gasteiger partial charge in [0.05, 0.1) is 5.92 Å². The maximum atomic E-state index is 11.9. The van der Waals surface area contributed by atoms with E-state index in [-0.39, 0.29) is 17.7 Å². The van der Waals surface area contributed by atoms with Crippen molar-refractivity contribution < 1.29 is 9.59 Å². The standard InChI is InChI=1S/C15H27N3O2/c19-14(18-13-6-2-1-3-7-13)8-10-17-15(20)12-5-4-9-16-11-12/h12-13,16H,1-11H2,(H,17,20)(H,18,19). The molecule has 1 saturated heterocycles. The molecule has 1 heterocycles. The maximum Gasteiger partial charge on any atom is 0.224 e. The second-order valence-electron chi connectivity index (χ2n) is 5.99. The molecule has 0 radical (unpaired) electrons. The molecule has 2 rings (SSSR count). The second kappa shape index (κ2) is 8.25. The second-order valence-corrected chi connectivity index (χ2v) is 5.99. The Labute approximate surface area is 121 Å². The maximum absolute atomic E-state index is 11.9. The minimum atomic E-state index is 0.0685. The fraction of sp³-hybridized carbons (Fsp3) is 0.867. The lowest BCUT2D eigenvalue weighted by Gasteiger charge is -2.23. The summed E-state index contributed by atoms with van der Waals surface area (Å²) >= 11 is 0. The molecule has 0 bridgehead atoms. The van der Waals surface area contributed by atoms with Crippen molar-refractivity contribution in [2.75, 3.05) is 19.6 Å². The normalized spacial score (nSPS) is 24.1. The van der Waals surface area contributed by atoms with E-state index in [4.69, 9.17) is 0 Å². The number of hydrogen-bond donors (Lipinski definition) is 3. The molecule has 2 aliphatic rings. The van der Waals surface area contributed by atoms with Gasteiger partial charge in [-0.1, -0.05) is 19.3 Å². The first-order chi connectivity index (χ1) is 9.75. The van der Waals surface area contributed by atoms with E-state index in [0.29, 0.717) is 19.0 Å². The van der Waals surface area contributed by atoms with Crippen LogP contribution in [-0.2, 0) is 9.59 Å². The number of hydrogen-bond acceptors (Lipinski definition) is 3. The average Bonchev–Trinajstić information content (AvgIpc) is 2.49. The van der Waals surface area contributed by atoms with Crippen LogP contribution in [0.4, 0.5) is 0 Å². The van der Waals surface area contributed by atoms with Crippen molar-refractivity contribution in [3.05, 3.63) is 0 Å². The summed E-state index contributed by atoms with van der Waals surface area (Å²) in [4.78, 5) is 23.7.